The van der Waals surface area contributed by atoms with Crippen LogP contribution < -0.4 is 0 Å². The molecule has 0 aromatic rings. The fourth-order valence-electron chi connectivity index (χ4n) is 0.262. The molecule has 20 heteroatoms. The molecule has 0 radical (unpaired) electrons. The van der Waals surface area contributed by atoms with Crippen molar-refractivity contribution in [1.82, 2.24) is 0 Å². The third-order valence-corrected chi connectivity index (χ3v) is 9.85. The van der Waals surface area contributed by atoms with Gasteiger partial charge in [-0.3, -0.25) is 0 Å². The Kier molecular flexibility index (Phi) is 11.3. The average molecular weight is 648 g/mol. The Hall–Kier alpha value is 5.38. The molecule has 0 amide bonds. The van der Waals surface area contributed by atoms with E-state index in [-0.39, 0.29) is 0 Å². The summed E-state index contributed by atoms with van der Waals surface area (Å²) in [7, 11) is 0. The molecule has 0 aliphatic carbocycles. The van der Waals surface area contributed by atoms with Crippen LogP contribution in [0.25, 0.3) is 0 Å². The topological polar surface area (TPSA) is 24.7 Å². The van der Waals surface area contributed by atoms with Gasteiger partial charge in [0.1, 0.15) is 0 Å². The van der Waals surface area contributed by atoms with Crippen molar-refractivity contribution in [3.05, 3.63) is 0 Å². The molecular weight excluding hydrogens is 648 g/mol. The van der Waals surface area contributed by atoms with Crippen molar-refractivity contribution in [2.45, 2.75) is 0 Å². The Labute approximate surface area is 182 Å². The van der Waals surface area contributed by atoms with E-state index < -0.39 is 18.6 Å². The molecule has 0 aliphatic heterocycles. The second kappa shape index (κ2) is 8.17. The molecule has 2 nitrogen and oxygen atoms in total. The zero-order chi connectivity index (χ0) is 17.3. The minimum atomic E-state index is -4.82. The fraction of sp³-hybridized carbons (Fsp3) is 0. The van der Waals surface area contributed by atoms with E-state index in [9.17, 15) is 0 Å². The first kappa shape index (κ1) is 27.6. The van der Waals surface area contributed by atoms with Crippen molar-refractivity contribution in [2.24, 2.45) is 9.03 Å². The molecule has 0 heterocycles. The van der Waals surface area contributed by atoms with Gasteiger partial charge in [0.2, 0.25) is 5.11 Å². The number of hydrogen-bond donors (Lipinski definition) is 0. The minimum absolute atomic E-state index is 3.05. The summed E-state index contributed by atoms with van der Waals surface area (Å²) in [6, 6.07) is 0. The molecule has 128 valence electrons. The summed E-state index contributed by atoms with van der Waals surface area (Å²) in [6.45, 7) is 0. The molecule has 0 fully saturated rings. The summed E-state index contributed by atoms with van der Waals surface area (Å²) in [5, 5.41) is -3.05. The van der Waals surface area contributed by atoms with Crippen LogP contribution in [0.2, 0.25) is 0 Å². The van der Waals surface area contributed by atoms with Crippen molar-refractivity contribution < 1.29 is 0 Å². The second-order valence-electron chi connectivity index (χ2n) is 2.43. The van der Waals surface area contributed by atoms with Crippen molar-refractivity contribution in [2.75, 3.05) is 0 Å². The van der Waals surface area contributed by atoms with E-state index in [1.165, 1.54) is 0 Å². The number of halogens is 14. The molecule has 0 saturated carbocycles. The van der Waals surface area contributed by atoms with Crippen LogP contribution in [-0.4, -0.2) is 0 Å². The van der Waals surface area contributed by atoms with E-state index in [1.807, 2.05) is 0 Å². The molecule has 0 N–H and O–H groups in total. The first-order valence-electron chi connectivity index (χ1n) is 3.17. The van der Waals surface area contributed by atoms with Crippen LogP contribution in [0.5, 0.6) is 0 Å². The summed E-state index contributed by atoms with van der Waals surface area (Å²) in [4.78, 5) is 0. The van der Waals surface area contributed by atoms with E-state index in [0.29, 0.717) is 0 Å². The standard InChI is InChI=1S/Cl8N2P3.Cl6P/c1-11(2,3)9-13(7,8)10-12(4,5)6;1-7(2,3,4,5)6/q+1;-1. The van der Waals surface area contributed by atoms with Gasteiger partial charge in [0.25, 0.3) is 5.91 Å². The summed E-state index contributed by atoms with van der Waals surface area (Å²) < 4.78 is 2.14. The van der Waals surface area contributed by atoms with Gasteiger partial charge in [-0.15, -0.1) is 0 Å². The zero-order valence-corrected chi connectivity index (χ0v) is 22.1. The average Bonchev–Trinajstić information content (AvgIpc) is 1.59. The summed E-state index contributed by atoms with van der Waals surface area (Å²) in [6.07, 6.45) is 0. The first-order valence-corrected chi connectivity index (χ1v) is 23.7. The third kappa shape index (κ3) is 38.8. The number of hydrogen-bond acceptors (Lipinski definition) is 1. The van der Waals surface area contributed by atoms with Gasteiger partial charge >= 0.3 is 75.0 Å². The molecule has 20 heavy (non-hydrogen) atoms. The summed E-state index contributed by atoms with van der Waals surface area (Å²) in [5.74, 6) is -3.18. The third-order valence-electron chi connectivity index (χ3n) is 0.418. The second-order valence-corrected chi connectivity index (χ2v) is 46.6. The van der Waals surface area contributed by atoms with Crippen LogP contribution in [-0.2, 0) is 0 Å². The fourth-order valence-corrected chi connectivity index (χ4v) is 15.4. The monoisotopic (exact) mass is 641 g/mol. The Morgan fingerprint density at radius 1 is 0.700 bits per heavy atom. The van der Waals surface area contributed by atoms with E-state index >= 15 is 0 Å². The van der Waals surface area contributed by atoms with Crippen molar-refractivity contribution in [3.8, 4) is 0 Å². The molecule has 0 aromatic carbocycles. The van der Waals surface area contributed by atoms with Crippen LogP contribution in [0.3, 0.4) is 0 Å². The predicted octanol–water partition coefficient (Wildman–Crippen LogP) is 13.5. The Morgan fingerprint density at radius 3 is 1.10 bits per heavy atom. The normalized spacial score (nSPS) is 17.3. The van der Waals surface area contributed by atoms with E-state index in [4.69, 9.17) is 157 Å². The maximum atomic E-state index is 5.60. The van der Waals surface area contributed by atoms with E-state index in [0.717, 1.165) is 0 Å². The van der Waals surface area contributed by atoms with E-state index in [2.05, 4.69) is 9.03 Å². The van der Waals surface area contributed by atoms with Gasteiger partial charge in [-0.1, -0.05) is 0 Å². The van der Waals surface area contributed by atoms with Gasteiger partial charge in [-0.05, 0) is 60.7 Å². The zero-order valence-electron chi connectivity index (χ0n) is 7.97. The van der Waals surface area contributed by atoms with Crippen LogP contribution in [0.4, 0.5) is 0 Å². The predicted molar refractivity (Wildman–Crippen MR) is 114 cm³/mol. The van der Waals surface area contributed by atoms with Gasteiger partial charge in [0, 0.05) is 0 Å². The molecule has 0 spiro atoms. The molecule has 0 rings (SSSR count). The summed E-state index contributed by atoms with van der Waals surface area (Å²) >= 11 is 73.6. The van der Waals surface area contributed by atoms with Crippen LogP contribution in [0, 0.1) is 0 Å². The maximum absolute atomic E-state index is 5.60. The molecule has 0 atom stereocenters. The summed E-state index contributed by atoms with van der Waals surface area (Å²) in [5.41, 5.74) is -3.05. The van der Waals surface area contributed by atoms with Gasteiger partial charge < -0.3 is 0 Å². The van der Waals surface area contributed by atoms with Gasteiger partial charge in [-0.25, -0.2) is 0 Å². The van der Waals surface area contributed by atoms with Crippen LogP contribution in [0.15, 0.2) is 9.03 Å². The number of nitrogens with zero attached hydrogens (tertiary/aromatic N) is 2. The molecule has 0 aromatic heterocycles. The van der Waals surface area contributed by atoms with Crippen molar-refractivity contribution >= 4 is 176 Å². The van der Waals surface area contributed by atoms with Crippen LogP contribution >= 0.6 is 176 Å². The first-order chi connectivity index (χ1) is 7.86. The van der Waals surface area contributed by atoms with Crippen molar-refractivity contribution in [1.29, 1.82) is 0 Å². The molecule has 0 bridgehead atoms. The molecule has 0 aliphatic rings. The van der Waals surface area contributed by atoms with Gasteiger partial charge in [0.15, 0.2) is 33.7 Å². The quantitative estimate of drug-likeness (QED) is 0.266. The Balaban J connectivity index is 0. The molecular formula is Cl14N2P4. The van der Waals surface area contributed by atoms with E-state index in [1.54, 1.807) is 0 Å². The van der Waals surface area contributed by atoms with Gasteiger partial charge in [0.05, 0.1) is 0 Å². The number of rotatable bonds is 2. The molecule has 0 unspecified atom stereocenters. The molecule has 0 saturated heterocycles. The Morgan fingerprint density at radius 2 is 0.950 bits per heavy atom. The van der Waals surface area contributed by atoms with Crippen molar-refractivity contribution in [3.63, 3.8) is 0 Å². The Bertz CT molecular complexity index is 413. The SMILES string of the molecule is ClP(Cl)(Cl)=NP(Cl)(Cl)=N[P+](Cl)(Cl)Cl.Cl[P-](Cl)(Cl)(Cl)(Cl)Cl. The van der Waals surface area contributed by atoms with Crippen LogP contribution in [0.1, 0.15) is 0 Å². The van der Waals surface area contributed by atoms with Gasteiger partial charge in [-0.2, -0.15) is 4.52 Å².